The second-order valence-electron chi connectivity index (χ2n) is 5.69. The smallest absolute Gasteiger partial charge is 0.266 e. The van der Waals surface area contributed by atoms with Crippen LogP contribution in [0.4, 0.5) is 0 Å². The Hall–Kier alpha value is -1.80. The molecule has 2 aromatic rings. The van der Waals surface area contributed by atoms with Crippen LogP contribution in [-0.2, 0) is 11.2 Å². The van der Waals surface area contributed by atoms with Crippen molar-refractivity contribution in [3.05, 3.63) is 27.9 Å². The summed E-state index contributed by atoms with van der Waals surface area (Å²) in [5.74, 6) is 1.10. The molecule has 3 heterocycles. The van der Waals surface area contributed by atoms with Crippen molar-refractivity contribution in [1.82, 2.24) is 20.1 Å². The van der Waals surface area contributed by atoms with Crippen LogP contribution in [0.3, 0.4) is 0 Å². The van der Waals surface area contributed by atoms with Crippen molar-refractivity contribution in [2.75, 3.05) is 19.8 Å². The second kappa shape index (κ2) is 6.76. The highest BCUT2D eigenvalue weighted by molar-refractivity contribution is 7.13. The van der Waals surface area contributed by atoms with E-state index in [1.165, 1.54) is 11.3 Å². The topological polar surface area (TPSA) is 81.4 Å². The molecular formula is C15H20N4O3S. The van der Waals surface area contributed by atoms with E-state index in [1.54, 1.807) is 11.1 Å². The number of hydrogen-bond acceptors (Lipinski definition) is 7. The zero-order chi connectivity index (χ0) is 16.4. The van der Waals surface area contributed by atoms with Gasteiger partial charge in [0, 0.05) is 12.5 Å². The lowest BCUT2D eigenvalue weighted by Crippen LogP contribution is -2.43. The third-order valence-electron chi connectivity index (χ3n) is 3.69. The maximum absolute atomic E-state index is 12.8. The summed E-state index contributed by atoms with van der Waals surface area (Å²) in [6.07, 6.45) is 2.47. The van der Waals surface area contributed by atoms with Gasteiger partial charge in [0.25, 0.3) is 5.91 Å². The first-order valence-electron chi connectivity index (χ1n) is 7.76. The summed E-state index contributed by atoms with van der Waals surface area (Å²) < 4.78 is 11.2. The first-order valence-corrected chi connectivity index (χ1v) is 8.58. The summed E-state index contributed by atoms with van der Waals surface area (Å²) in [5.41, 5.74) is 0. The quantitative estimate of drug-likeness (QED) is 0.853. The number of nitrogens with zero attached hydrogens (tertiary/aromatic N) is 4. The number of ether oxygens (including phenoxy) is 1. The minimum absolute atomic E-state index is 0.0557. The zero-order valence-corrected chi connectivity index (χ0v) is 14.3. The predicted molar refractivity (Wildman–Crippen MR) is 84.5 cm³/mol. The van der Waals surface area contributed by atoms with Crippen molar-refractivity contribution in [2.45, 2.75) is 39.2 Å². The van der Waals surface area contributed by atoms with Crippen LogP contribution in [0.25, 0.3) is 0 Å². The molecule has 1 fully saturated rings. The van der Waals surface area contributed by atoms with E-state index in [2.05, 4.69) is 15.2 Å². The Morgan fingerprint density at radius 1 is 1.48 bits per heavy atom. The number of hydrogen-bond donors (Lipinski definition) is 0. The van der Waals surface area contributed by atoms with Crippen molar-refractivity contribution < 1.29 is 13.9 Å². The molecule has 0 bridgehead atoms. The average Bonchev–Trinajstić information content (AvgIpc) is 3.23. The molecule has 1 aliphatic heterocycles. The highest BCUT2D eigenvalue weighted by atomic mass is 32.1. The summed E-state index contributed by atoms with van der Waals surface area (Å²) in [6.45, 7) is 7.37. The van der Waals surface area contributed by atoms with Crippen molar-refractivity contribution in [1.29, 1.82) is 0 Å². The van der Waals surface area contributed by atoms with Crippen molar-refractivity contribution in [3.8, 4) is 0 Å². The molecule has 1 unspecified atom stereocenters. The minimum atomic E-state index is -0.344. The number of thiazole rings is 1. The molecular weight excluding hydrogens is 316 g/mol. The number of carbonyl (C=O) groups is 1. The van der Waals surface area contributed by atoms with E-state index < -0.39 is 0 Å². The molecule has 0 saturated carbocycles. The van der Waals surface area contributed by atoms with Crippen molar-refractivity contribution in [3.63, 3.8) is 0 Å². The van der Waals surface area contributed by atoms with Gasteiger partial charge in [-0.2, -0.15) is 0 Å². The largest absolute Gasteiger partial charge is 0.423 e. The third kappa shape index (κ3) is 3.28. The summed E-state index contributed by atoms with van der Waals surface area (Å²) in [5, 5.41) is 9.12. The minimum Gasteiger partial charge on any atom is -0.423 e. The van der Waals surface area contributed by atoms with Crippen LogP contribution in [-0.4, -0.2) is 45.7 Å². The van der Waals surface area contributed by atoms with Crippen molar-refractivity contribution in [2.24, 2.45) is 0 Å². The fourth-order valence-electron chi connectivity index (χ4n) is 2.38. The molecule has 1 atom stereocenters. The Morgan fingerprint density at radius 2 is 2.30 bits per heavy atom. The predicted octanol–water partition coefficient (Wildman–Crippen LogP) is 2.43. The fourth-order valence-corrected chi connectivity index (χ4v) is 3.19. The molecule has 7 nitrogen and oxygen atoms in total. The zero-order valence-electron chi connectivity index (χ0n) is 13.5. The Kier molecular flexibility index (Phi) is 4.72. The van der Waals surface area contributed by atoms with E-state index in [9.17, 15) is 4.79 Å². The maximum Gasteiger partial charge on any atom is 0.266 e. The fraction of sp³-hybridized carbons (Fsp3) is 0.600. The summed E-state index contributed by atoms with van der Waals surface area (Å²) in [4.78, 5) is 19.4. The van der Waals surface area contributed by atoms with E-state index >= 15 is 0 Å². The molecule has 2 aromatic heterocycles. The first kappa shape index (κ1) is 16.1. The van der Waals surface area contributed by atoms with E-state index in [4.69, 9.17) is 9.15 Å². The lowest BCUT2D eigenvalue weighted by atomic mass is 10.2. The lowest BCUT2D eigenvalue weighted by Gasteiger charge is -2.33. The van der Waals surface area contributed by atoms with Crippen LogP contribution in [0.2, 0.25) is 0 Å². The molecule has 1 saturated heterocycles. The number of carbonyl (C=O) groups excluding carboxylic acids is 1. The van der Waals surface area contributed by atoms with Crippen LogP contribution in [0.1, 0.15) is 59.2 Å². The number of amides is 1. The molecule has 8 heteroatoms. The Morgan fingerprint density at radius 3 is 2.96 bits per heavy atom. The standard InChI is InChI=1S/C15H20N4O3S/c1-4-12-16-7-11(23-12)15(20)19-5-6-21-8-10(19)14-18-17-13(22-14)9(2)3/h7,9-10H,4-6,8H2,1-3H3. The van der Waals surface area contributed by atoms with E-state index in [0.29, 0.717) is 36.4 Å². The van der Waals surface area contributed by atoms with Gasteiger partial charge in [-0.05, 0) is 6.42 Å². The lowest BCUT2D eigenvalue weighted by molar-refractivity contribution is -0.0105. The van der Waals surface area contributed by atoms with Gasteiger partial charge in [-0.25, -0.2) is 4.98 Å². The summed E-state index contributed by atoms with van der Waals surface area (Å²) >= 11 is 1.43. The van der Waals surface area contributed by atoms with Gasteiger partial charge < -0.3 is 14.1 Å². The van der Waals surface area contributed by atoms with Gasteiger partial charge in [0.1, 0.15) is 10.9 Å². The van der Waals surface area contributed by atoms with Gasteiger partial charge in [0.2, 0.25) is 11.8 Å². The highest BCUT2D eigenvalue weighted by Crippen LogP contribution is 2.28. The van der Waals surface area contributed by atoms with Gasteiger partial charge in [0.15, 0.2) is 0 Å². The Balaban J connectivity index is 1.84. The van der Waals surface area contributed by atoms with Crippen LogP contribution in [0, 0.1) is 0 Å². The Bertz CT molecular complexity index is 682. The average molecular weight is 336 g/mol. The summed E-state index contributed by atoms with van der Waals surface area (Å²) in [7, 11) is 0. The van der Waals surface area contributed by atoms with Crippen LogP contribution < -0.4 is 0 Å². The van der Waals surface area contributed by atoms with Crippen LogP contribution in [0.5, 0.6) is 0 Å². The normalized spacial score (nSPS) is 18.6. The number of morpholine rings is 1. The first-order chi connectivity index (χ1) is 11.1. The second-order valence-corrected chi connectivity index (χ2v) is 6.81. The van der Waals surface area contributed by atoms with E-state index in [1.807, 2.05) is 20.8 Å². The highest BCUT2D eigenvalue weighted by Gasteiger charge is 2.34. The molecule has 1 amide bonds. The maximum atomic E-state index is 12.8. The molecule has 0 aliphatic carbocycles. The molecule has 1 aliphatic rings. The van der Waals surface area contributed by atoms with Gasteiger partial charge >= 0.3 is 0 Å². The molecule has 0 aromatic carbocycles. The molecule has 3 rings (SSSR count). The molecule has 23 heavy (non-hydrogen) atoms. The van der Waals surface area contributed by atoms with Crippen molar-refractivity contribution >= 4 is 17.2 Å². The van der Waals surface area contributed by atoms with Crippen LogP contribution in [0.15, 0.2) is 10.6 Å². The number of rotatable bonds is 4. The molecule has 0 spiro atoms. The molecule has 124 valence electrons. The van der Waals surface area contributed by atoms with Gasteiger partial charge in [-0.15, -0.1) is 21.5 Å². The van der Waals surface area contributed by atoms with Gasteiger partial charge in [-0.3, -0.25) is 4.79 Å². The van der Waals surface area contributed by atoms with E-state index in [0.717, 1.165) is 11.4 Å². The molecule has 0 N–H and O–H groups in total. The summed E-state index contributed by atoms with van der Waals surface area (Å²) in [6, 6.07) is -0.344. The Labute approximate surface area is 138 Å². The van der Waals surface area contributed by atoms with Gasteiger partial charge in [-0.1, -0.05) is 20.8 Å². The van der Waals surface area contributed by atoms with Crippen LogP contribution >= 0.6 is 11.3 Å². The van der Waals surface area contributed by atoms with Gasteiger partial charge in [0.05, 0.1) is 24.4 Å². The molecule has 0 radical (unpaired) electrons. The number of aryl methyl sites for hydroxylation is 1. The van der Waals surface area contributed by atoms with E-state index in [-0.39, 0.29) is 17.9 Å². The third-order valence-corrected chi connectivity index (χ3v) is 4.82. The number of aromatic nitrogens is 3. The monoisotopic (exact) mass is 336 g/mol. The SMILES string of the molecule is CCc1ncc(C(=O)N2CCOCC2c2nnc(C(C)C)o2)s1.